The molecule has 4 aliphatic carbocycles. The lowest BCUT2D eigenvalue weighted by atomic mass is 9.45. The Morgan fingerprint density at radius 3 is 2.38 bits per heavy atom. The van der Waals surface area contributed by atoms with E-state index in [9.17, 15) is 15.3 Å². The first kappa shape index (κ1) is 23.3. The van der Waals surface area contributed by atoms with Gasteiger partial charge in [-0.25, -0.2) is 0 Å². The topological polar surface area (TPSA) is 69.9 Å². The van der Waals surface area contributed by atoms with E-state index >= 15 is 0 Å². The lowest BCUT2D eigenvalue weighted by Crippen LogP contribution is -2.57. The molecule has 0 aromatic carbocycles. The first-order valence-corrected chi connectivity index (χ1v) is 13.4. The lowest BCUT2D eigenvalue weighted by molar-refractivity contribution is -0.169. The summed E-state index contributed by atoms with van der Waals surface area (Å²) in [6.07, 6.45) is 7.42. The molecule has 11 atom stereocenters. The second-order valence-corrected chi connectivity index (χ2v) is 12.9. The number of ether oxygens (including phenoxy) is 1. The number of rotatable bonds is 2. The molecule has 3 N–H and O–H groups in total. The van der Waals surface area contributed by atoms with Gasteiger partial charge in [-0.2, -0.15) is 0 Å². The molecule has 4 nitrogen and oxygen atoms in total. The molecule has 1 aliphatic heterocycles. The average molecular weight is 447 g/mol. The van der Waals surface area contributed by atoms with Crippen molar-refractivity contribution < 1.29 is 20.1 Å². The van der Waals surface area contributed by atoms with E-state index in [-0.39, 0.29) is 33.9 Å². The van der Waals surface area contributed by atoms with Crippen LogP contribution >= 0.6 is 0 Å². The highest BCUT2D eigenvalue weighted by Crippen LogP contribution is 2.74. The van der Waals surface area contributed by atoms with Crippen LogP contribution in [0.4, 0.5) is 0 Å². The minimum Gasteiger partial charge on any atom is -0.393 e. The third-order valence-corrected chi connectivity index (χ3v) is 12.2. The fraction of sp³-hybridized carbons (Fsp3) is 0.929. The zero-order chi connectivity index (χ0) is 23.3. The largest absolute Gasteiger partial charge is 0.393 e. The van der Waals surface area contributed by atoms with E-state index in [4.69, 9.17) is 4.74 Å². The second-order valence-electron chi connectivity index (χ2n) is 12.9. The summed E-state index contributed by atoms with van der Waals surface area (Å²) >= 11 is 0. The summed E-state index contributed by atoms with van der Waals surface area (Å²) in [7, 11) is 0. The number of allylic oxidation sites excluding steroid dienone is 2. The highest BCUT2D eigenvalue weighted by molar-refractivity contribution is 5.40. The molecule has 32 heavy (non-hydrogen) atoms. The van der Waals surface area contributed by atoms with Crippen LogP contribution in [0.5, 0.6) is 0 Å². The Bertz CT molecular complexity index is 807. The van der Waals surface area contributed by atoms with Crippen molar-refractivity contribution in [2.24, 2.45) is 34.0 Å². The second kappa shape index (κ2) is 7.29. The monoisotopic (exact) mass is 446 g/mol. The van der Waals surface area contributed by atoms with Gasteiger partial charge in [0.2, 0.25) is 0 Å². The van der Waals surface area contributed by atoms with E-state index in [1.165, 1.54) is 6.42 Å². The van der Waals surface area contributed by atoms with E-state index in [1.807, 2.05) is 6.92 Å². The van der Waals surface area contributed by atoms with E-state index < -0.39 is 18.3 Å². The molecule has 3 fully saturated rings. The normalized spacial score (nSPS) is 56.2. The Balaban J connectivity index is 1.56. The van der Waals surface area contributed by atoms with E-state index in [1.54, 1.807) is 11.1 Å². The Hall–Kier alpha value is -0.420. The van der Waals surface area contributed by atoms with Gasteiger partial charge in [0.25, 0.3) is 0 Å². The van der Waals surface area contributed by atoms with Crippen molar-refractivity contribution in [1.29, 1.82) is 0 Å². The van der Waals surface area contributed by atoms with Crippen LogP contribution in [-0.2, 0) is 4.74 Å². The van der Waals surface area contributed by atoms with Crippen molar-refractivity contribution in [1.82, 2.24) is 0 Å². The fourth-order valence-electron chi connectivity index (χ4n) is 9.78. The molecule has 182 valence electrons. The van der Waals surface area contributed by atoms with E-state index in [0.717, 1.165) is 44.9 Å². The molecule has 4 heteroatoms. The molecule has 0 radical (unpaired) electrons. The molecule has 0 aromatic heterocycles. The Morgan fingerprint density at radius 2 is 1.69 bits per heavy atom. The van der Waals surface area contributed by atoms with Crippen molar-refractivity contribution in [3.8, 4) is 0 Å². The molecule has 5 aliphatic rings. The van der Waals surface area contributed by atoms with Gasteiger partial charge < -0.3 is 20.1 Å². The minimum atomic E-state index is -0.606. The summed E-state index contributed by atoms with van der Waals surface area (Å²) in [5.41, 5.74) is 3.29. The molecule has 0 bridgehead atoms. The van der Waals surface area contributed by atoms with Gasteiger partial charge in [0, 0.05) is 11.3 Å². The van der Waals surface area contributed by atoms with Crippen LogP contribution in [0.3, 0.4) is 0 Å². The smallest absolute Gasteiger partial charge is 0.110 e. The molecule has 5 rings (SSSR count). The van der Waals surface area contributed by atoms with Crippen LogP contribution in [-0.4, -0.2) is 45.3 Å². The number of aliphatic hydroxyl groups excluding tert-OH is 3. The molecule has 1 heterocycles. The van der Waals surface area contributed by atoms with Crippen molar-refractivity contribution in [2.75, 3.05) is 0 Å². The summed E-state index contributed by atoms with van der Waals surface area (Å²) in [4.78, 5) is 0. The summed E-state index contributed by atoms with van der Waals surface area (Å²) in [5, 5.41) is 32.3. The highest BCUT2D eigenvalue weighted by Gasteiger charge is 2.73. The molecule has 1 saturated heterocycles. The lowest BCUT2D eigenvalue weighted by Gasteiger charge is -2.61. The Labute approximate surface area is 194 Å². The predicted octanol–water partition coefficient (Wildman–Crippen LogP) is 5.00. The van der Waals surface area contributed by atoms with Gasteiger partial charge in [0.1, 0.15) is 6.10 Å². The van der Waals surface area contributed by atoms with Gasteiger partial charge in [-0.05, 0) is 80.5 Å². The first-order valence-electron chi connectivity index (χ1n) is 13.4. The summed E-state index contributed by atoms with van der Waals surface area (Å²) in [6.45, 7) is 13.8. The zero-order valence-corrected chi connectivity index (χ0v) is 21.2. The number of fused-ring (bicyclic) bond motifs is 5. The molecule has 0 amide bonds. The number of hydrogen-bond donors (Lipinski definition) is 3. The van der Waals surface area contributed by atoms with Gasteiger partial charge >= 0.3 is 0 Å². The van der Waals surface area contributed by atoms with Gasteiger partial charge in [-0.1, -0.05) is 52.7 Å². The van der Waals surface area contributed by atoms with Crippen molar-refractivity contribution in [3.63, 3.8) is 0 Å². The predicted molar refractivity (Wildman–Crippen MR) is 126 cm³/mol. The van der Waals surface area contributed by atoms with Crippen LogP contribution < -0.4 is 0 Å². The van der Waals surface area contributed by atoms with Crippen molar-refractivity contribution in [3.05, 3.63) is 11.1 Å². The highest BCUT2D eigenvalue weighted by atomic mass is 16.5. The SMILES string of the molecule is CCC(O)[C@H]1O[C@@]2(CC[C@@]3(C)C4=C(CC[C@@]32C)[C@@]2(C)CC[C@H](O)[C@H](C)[C@@H]2CC4)[C@H](C)[C@H]1O. The van der Waals surface area contributed by atoms with Gasteiger partial charge in [0.15, 0.2) is 0 Å². The van der Waals surface area contributed by atoms with Crippen LogP contribution in [0.15, 0.2) is 11.1 Å². The van der Waals surface area contributed by atoms with E-state index in [2.05, 4.69) is 34.6 Å². The summed E-state index contributed by atoms with van der Waals surface area (Å²) < 4.78 is 6.81. The summed E-state index contributed by atoms with van der Waals surface area (Å²) in [6, 6.07) is 0. The van der Waals surface area contributed by atoms with Crippen LogP contribution in [0.25, 0.3) is 0 Å². The third-order valence-electron chi connectivity index (χ3n) is 12.2. The van der Waals surface area contributed by atoms with Gasteiger partial charge in [-0.15, -0.1) is 0 Å². The van der Waals surface area contributed by atoms with Crippen molar-refractivity contribution >= 4 is 0 Å². The maximum Gasteiger partial charge on any atom is 0.110 e. The van der Waals surface area contributed by atoms with E-state index in [0.29, 0.717) is 18.3 Å². The minimum absolute atomic E-state index is 0.0273. The van der Waals surface area contributed by atoms with Crippen LogP contribution in [0.2, 0.25) is 0 Å². The molecule has 1 spiro atoms. The molecular formula is C28H46O4. The molecule has 1 unspecified atom stereocenters. The molecule has 0 aromatic rings. The van der Waals surface area contributed by atoms with Crippen molar-refractivity contribution in [2.45, 2.75) is 129 Å². The summed E-state index contributed by atoms with van der Waals surface area (Å²) in [5.74, 6) is 0.990. The third kappa shape index (κ3) is 2.59. The first-order chi connectivity index (χ1) is 15.0. The average Bonchev–Trinajstić information content (AvgIpc) is 3.17. The number of aliphatic hydroxyl groups is 3. The number of hydrogen-bond acceptors (Lipinski definition) is 4. The van der Waals surface area contributed by atoms with Gasteiger partial charge in [0.05, 0.1) is 23.9 Å². The standard InChI is InChI=1S/C28H46O4/c1-7-21(29)24-23(31)17(3)28(32-24)15-14-26(5)20-9-8-18-16(2)22(30)11-12-25(18,4)19(20)10-13-27(26,28)6/h16-18,21-24,29-31H,7-15H2,1-6H3/t16-,17-,18+,21?,22+,23-,24-,25+,26+,27+,28+/m1/s1. The van der Waals surface area contributed by atoms with Gasteiger partial charge in [-0.3, -0.25) is 0 Å². The Morgan fingerprint density at radius 1 is 0.969 bits per heavy atom. The molecule has 2 saturated carbocycles. The molecular weight excluding hydrogens is 400 g/mol. The maximum absolute atomic E-state index is 11.1. The Kier molecular flexibility index (Phi) is 5.31. The van der Waals surface area contributed by atoms with Crippen LogP contribution in [0.1, 0.15) is 99.3 Å². The quantitative estimate of drug-likeness (QED) is 0.522. The van der Waals surface area contributed by atoms with Crippen LogP contribution in [0, 0.1) is 34.0 Å². The fourth-order valence-corrected chi connectivity index (χ4v) is 9.78. The zero-order valence-electron chi connectivity index (χ0n) is 21.2. The maximum atomic E-state index is 11.1.